The number of benzene rings is 3. The third kappa shape index (κ3) is 2.97. The summed E-state index contributed by atoms with van der Waals surface area (Å²) in [6.45, 7) is 0. The van der Waals surface area contributed by atoms with Crippen LogP contribution in [-0.4, -0.2) is 20.7 Å². The summed E-state index contributed by atoms with van der Waals surface area (Å²) < 4.78 is 35.1. The number of methoxy groups -OCH3 is 1. The second kappa shape index (κ2) is 6.53. The van der Waals surface area contributed by atoms with Gasteiger partial charge in [0.2, 0.25) is 10.0 Å². The van der Waals surface area contributed by atoms with Crippen molar-refractivity contribution in [2.75, 3.05) is 7.11 Å². The summed E-state index contributed by atoms with van der Waals surface area (Å²) in [6.07, 6.45) is 0. The molecule has 0 spiro atoms. The Hall–Kier alpha value is -3.16. The first-order chi connectivity index (χ1) is 13.0. The molecular formula is C20H16N2O4S. The van der Waals surface area contributed by atoms with Gasteiger partial charge < -0.3 is 9.26 Å². The Bertz CT molecular complexity index is 1230. The molecule has 4 rings (SSSR count). The number of hydrogen-bond acceptors (Lipinski definition) is 5. The standard InChI is InChI=1S/C20H16N2O4S/c1-25-20-17(27(21,23)24)12-11-14(13-7-3-2-4-8-13)18(20)19-15-9-5-6-10-16(15)26-22-19/h2-12H,1H3,(H2,21,23,24). The highest BCUT2D eigenvalue weighted by Gasteiger charge is 2.26. The number of ether oxygens (including phenoxy) is 1. The molecule has 2 N–H and O–H groups in total. The Morgan fingerprint density at radius 1 is 0.963 bits per heavy atom. The number of hydrogen-bond donors (Lipinski definition) is 1. The first-order valence-electron chi connectivity index (χ1n) is 8.14. The molecule has 4 aromatic rings. The van der Waals surface area contributed by atoms with Crippen LogP contribution >= 0.6 is 0 Å². The highest BCUT2D eigenvalue weighted by molar-refractivity contribution is 7.89. The maximum absolute atomic E-state index is 12.1. The van der Waals surface area contributed by atoms with Crippen molar-refractivity contribution in [3.8, 4) is 28.1 Å². The van der Waals surface area contributed by atoms with Crippen LogP contribution in [0.15, 0.2) is 76.1 Å². The van der Waals surface area contributed by atoms with Crippen molar-refractivity contribution in [3.63, 3.8) is 0 Å². The summed E-state index contributed by atoms with van der Waals surface area (Å²) >= 11 is 0. The number of para-hydroxylation sites is 1. The lowest BCUT2D eigenvalue weighted by Gasteiger charge is -2.16. The minimum Gasteiger partial charge on any atom is -0.495 e. The van der Waals surface area contributed by atoms with E-state index in [9.17, 15) is 8.42 Å². The molecule has 1 aromatic heterocycles. The average molecular weight is 380 g/mol. The summed E-state index contributed by atoms with van der Waals surface area (Å²) in [5.41, 5.74) is 3.25. The van der Waals surface area contributed by atoms with Crippen LogP contribution in [0.4, 0.5) is 0 Å². The molecule has 7 heteroatoms. The molecule has 0 saturated carbocycles. The van der Waals surface area contributed by atoms with Crippen molar-refractivity contribution >= 4 is 21.0 Å². The van der Waals surface area contributed by atoms with Crippen molar-refractivity contribution in [1.29, 1.82) is 0 Å². The van der Waals surface area contributed by atoms with E-state index in [1.54, 1.807) is 12.1 Å². The van der Waals surface area contributed by atoms with Crippen LogP contribution in [0.2, 0.25) is 0 Å². The van der Waals surface area contributed by atoms with Crippen LogP contribution < -0.4 is 9.88 Å². The smallest absolute Gasteiger partial charge is 0.241 e. The first kappa shape index (κ1) is 17.3. The Kier molecular flexibility index (Phi) is 4.18. The molecule has 0 radical (unpaired) electrons. The van der Waals surface area contributed by atoms with Gasteiger partial charge in [-0.15, -0.1) is 0 Å². The van der Waals surface area contributed by atoms with E-state index in [0.29, 0.717) is 16.8 Å². The fraction of sp³-hybridized carbons (Fsp3) is 0.0500. The Balaban J connectivity index is 2.14. The van der Waals surface area contributed by atoms with Gasteiger partial charge in [-0.3, -0.25) is 0 Å². The van der Waals surface area contributed by atoms with Crippen molar-refractivity contribution in [2.45, 2.75) is 4.90 Å². The molecule has 0 unspecified atom stereocenters. The molecule has 0 bridgehead atoms. The van der Waals surface area contributed by atoms with E-state index >= 15 is 0 Å². The molecule has 3 aromatic carbocycles. The number of nitrogens with two attached hydrogens (primary N) is 1. The third-order valence-electron chi connectivity index (χ3n) is 4.33. The number of aromatic nitrogens is 1. The van der Waals surface area contributed by atoms with Crippen LogP contribution in [0.3, 0.4) is 0 Å². The molecule has 0 aliphatic heterocycles. The zero-order valence-corrected chi connectivity index (χ0v) is 15.2. The van der Waals surface area contributed by atoms with Gasteiger partial charge in [-0.1, -0.05) is 53.7 Å². The lowest BCUT2D eigenvalue weighted by atomic mass is 9.95. The van der Waals surface area contributed by atoms with E-state index in [-0.39, 0.29) is 10.6 Å². The minimum atomic E-state index is -3.99. The van der Waals surface area contributed by atoms with Crippen molar-refractivity contribution in [1.82, 2.24) is 5.16 Å². The summed E-state index contributed by atoms with van der Waals surface area (Å²) in [4.78, 5) is -0.105. The molecule has 136 valence electrons. The maximum atomic E-state index is 12.1. The van der Waals surface area contributed by atoms with Gasteiger partial charge in [-0.25, -0.2) is 13.6 Å². The van der Waals surface area contributed by atoms with Gasteiger partial charge in [0.05, 0.1) is 12.7 Å². The van der Waals surface area contributed by atoms with Gasteiger partial charge in [0, 0.05) is 5.39 Å². The van der Waals surface area contributed by atoms with Crippen LogP contribution in [0.1, 0.15) is 0 Å². The third-order valence-corrected chi connectivity index (χ3v) is 5.27. The summed E-state index contributed by atoms with van der Waals surface area (Å²) in [5.74, 6) is 0.137. The number of fused-ring (bicyclic) bond motifs is 1. The van der Waals surface area contributed by atoms with Crippen molar-refractivity contribution in [2.24, 2.45) is 5.14 Å². The highest BCUT2D eigenvalue weighted by Crippen LogP contribution is 2.44. The molecule has 1 heterocycles. The molecule has 0 atom stereocenters. The predicted molar refractivity (Wildman–Crippen MR) is 103 cm³/mol. The molecule has 27 heavy (non-hydrogen) atoms. The highest BCUT2D eigenvalue weighted by atomic mass is 32.2. The normalized spacial score (nSPS) is 11.6. The minimum absolute atomic E-state index is 0.105. The Labute approximate surface area is 156 Å². The second-order valence-electron chi connectivity index (χ2n) is 5.96. The van der Waals surface area contributed by atoms with E-state index < -0.39 is 10.0 Å². The zero-order chi connectivity index (χ0) is 19.0. The second-order valence-corrected chi connectivity index (χ2v) is 7.49. The van der Waals surface area contributed by atoms with Crippen LogP contribution in [0, 0.1) is 0 Å². The quantitative estimate of drug-likeness (QED) is 0.581. The van der Waals surface area contributed by atoms with E-state index in [1.807, 2.05) is 48.5 Å². The van der Waals surface area contributed by atoms with Crippen LogP contribution in [-0.2, 0) is 10.0 Å². The van der Waals surface area contributed by atoms with Crippen molar-refractivity contribution < 1.29 is 17.7 Å². The Morgan fingerprint density at radius 3 is 2.37 bits per heavy atom. The summed E-state index contributed by atoms with van der Waals surface area (Å²) in [5, 5.41) is 10.3. The summed E-state index contributed by atoms with van der Waals surface area (Å²) in [6, 6.07) is 20.1. The number of primary sulfonamides is 1. The molecule has 6 nitrogen and oxygen atoms in total. The van der Waals surface area contributed by atoms with Gasteiger partial charge in [-0.2, -0.15) is 0 Å². The van der Waals surface area contributed by atoms with Gasteiger partial charge in [0.1, 0.15) is 16.3 Å². The molecule has 0 saturated heterocycles. The van der Waals surface area contributed by atoms with E-state index in [0.717, 1.165) is 16.5 Å². The van der Waals surface area contributed by atoms with Crippen molar-refractivity contribution in [3.05, 3.63) is 66.7 Å². The van der Waals surface area contributed by atoms with Gasteiger partial charge >= 0.3 is 0 Å². The molecule has 0 aliphatic carbocycles. The fourth-order valence-corrected chi connectivity index (χ4v) is 3.85. The predicted octanol–water partition coefficient (Wildman–Crippen LogP) is 3.82. The molecule has 0 amide bonds. The summed E-state index contributed by atoms with van der Waals surface area (Å²) in [7, 11) is -2.59. The molecule has 0 fully saturated rings. The lowest BCUT2D eigenvalue weighted by Crippen LogP contribution is -2.14. The lowest BCUT2D eigenvalue weighted by molar-refractivity contribution is 0.403. The topological polar surface area (TPSA) is 95.4 Å². The first-order valence-corrected chi connectivity index (χ1v) is 9.69. The van der Waals surface area contributed by atoms with Gasteiger partial charge in [-0.05, 0) is 29.3 Å². The number of nitrogens with zero attached hydrogens (tertiary/aromatic N) is 1. The van der Waals surface area contributed by atoms with E-state index in [2.05, 4.69) is 5.16 Å². The average Bonchev–Trinajstić information content (AvgIpc) is 3.10. The molecule has 0 aliphatic rings. The largest absolute Gasteiger partial charge is 0.495 e. The molecular weight excluding hydrogens is 364 g/mol. The zero-order valence-electron chi connectivity index (χ0n) is 14.4. The van der Waals surface area contributed by atoms with Gasteiger partial charge in [0.25, 0.3) is 0 Å². The number of rotatable bonds is 4. The Morgan fingerprint density at radius 2 is 1.67 bits per heavy atom. The fourth-order valence-electron chi connectivity index (χ4n) is 3.15. The monoisotopic (exact) mass is 380 g/mol. The van der Waals surface area contributed by atoms with E-state index in [1.165, 1.54) is 13.2 Å². The van der Waals surface area contributed by atoms with E-state index in [4.69, 9.17) is 14.4 Å². The van der Waals surface area contributed by atoms with Crippen LogP contribution in [0.25, 0.3) is 33.4 Å². The van der Waals surface area contributed by atoms with Gasteiger partial charge in [0.15, 0.2) is 5.58 Å². The van der Waals surface area contributed by atoms with Crippen LogP contribution in [0.5, 0.6) is 5.75 Å². The number of sulfonamides is 1. The SMILES string of the molecule is COc1c(S(N)(=O)=O)ccc(-c2ccccc2)c1-c1noc2ccccc12. The maximum Gasteiger partial charge on any atom is 0.241 e.